The van der Waals surface area contributed by atoms with Crippen LogP contribution < -0.4 is 5.32 Å². The lowest BCUT2D eigenvalue weighted by molar-refractivity contribution is -0.287. The van der Waals surface area contributed by atoms with E-state index in [1.165, 1.54) is 0 Å². The maximum Gasteiger partial charge on any atom is 0.408 e. The molecule has 2 atom stereocenters. The van der Waals surface area contributed by atoms with Gasteiger partial charge in [-0.25, -0.2) is 4.79 Å². The van der Waals surface area contributed by atoms with Crippen molar-refractivity contribution < 1.29 is 28.5 Å². The molecular formula is C18H27NO6S. The number of thioether (sulfide) groups is 1. The first-order valence-corrected chi connectivity index (χ1v) is 9.98. The molecule has 0 radical (unpaired) electrons. The van der Waals surface area contributed by atoms with Crippen LogP contribution in [0.15, 0.2) is 11.0 Å². The number of hydrogen-bond donors (Lipinski definition) is 1. The maximum absolute atomic E-state index is 12.0. The molecule has 3 aliphatic heterocycles. The van der Waals surface area contributed by atoms with Crippen LogP contribution in [0.4, 0.5) is 4.79 Å². The Kier molecular flexibility index (Phi) is 5.84. The van der Waals surface area contributed by atoms with Crippen LogP contribution in [0.1, 0.15) is 40.0 Å². The zero-order valence-corrected chi connectivity index (χ0v) is 16.4. The smallest absolute Gasteiger partial charge is 0.408 e. The summed E-state index contributed by atoms with van der Waals surface area (Å²) in [6.07, 6.45) is 3.39. The summed E-state index contributed by atoms with van der Waals surface area (Å²) in [4.78, 5) is 24.3. The molecule has 0 aromatic heterocycles. The third-order valence-corrected chi connectivity index (χ3v) is 5.92. The predicted octanol–water partition coefficient (Wildman–Crippen LogP) is 2.60. The average Bonchev–Trinajstić information content (AvgIpc) is 3.13. The summed E-state index contributed by atoms with van der Waals surface area (Å²) in [5.74, 6) is 0.0571. The summed E-state index contributed by atoms with van der Waals surface area (Å²) in [5.41, 5.74) is -0.304. The van der Waals surface area contributed by atoms with E-state index in [0.29, 0.717) is 32.7 Å². The maximum atomic E-state index is 12.0. The number of rotatable bonds is 6. The minimum Gasteiger partial charge on any atom is -0.465 e. The van der Waals surface area contributed by atoms with Gasteiger partial charge in [-0.1, -0.05) is 13.0 Å². The molecule has 3 saturated heterocycles. The Morgan fingerprint density at radius 1 is 1.35 bits per heavy atom. The van der Waals surface area contributed by atoms with Crippen molar-refractivity contribution in [1.82, 2.24) is 5.32 Å². The van der Waals surface area contributed by atoms with Crippen LogP contribution in [0, 0.1) is 5.41 Å². The number of esters is 1. The molecule has 0 spiro atoms. The van der Waals surface area contributed by atoms with E-state index in [2.05, 4.69) is 11.4 Å². The number of nitrogens with one attached hydrogen (secondary N) is 1. The Labute approximate surface area is 158 Å². The lowest BCUT2D eigenvalue weighted by Gasteiger charge is -2.40. The molecule has 3 fully saturated rings. The molecule has 146 valence electrons. The standard InChI is InChI=1S/C18H27NO6S/c1-17(2)23-10-18(3,11-24-17)9-22-14(20)7-5-4-6-13-15-12(8-26-13)19-16(21)25-15/h6,12,15H,4-5,7-11H2,1-3H3,(H,19,21)/t12?,15-/m0/s1. The fourth-order valence-corrected chi connectivity index (χ4v) is 4.21. The molecule has 1 unspecified atom stereocenters. The van der Waals surface area contributed by atoms with E-state index in [1.807, 2.05) is 20.8 Å². The van der Waals surface area contributed by atoms with Gasteiger partial charge in [0.1, 0.15) is 6.61 Å². The van der Waals surface area contributed by atoms with Gasteiger partial charge >= 0.3 is 12.1 Å². The molecule has 3 aliphatic rings. The van der Waals surface area contributed by atoms with Crippen LogP contribution >= 0.6 is 11.8 Å². The molecule has 26 heavy (non-hydrogen) atoms. The first-order chi connectivity index (χ1) is 12.3. The van der Waals surface area contributed by atoms with Gasteiger partial charge < -0.3 is 24.3 Å². The molecule has 3 heterocycles. The van der Waals surface area contributed by atoms with Gasteiger partial charge in [-0.05, 0) is 26.7 Å². The van der Waals surface area contributed by atoms with Crippen molar-refractivity contribution >= 4 is 23.8 Å². The van der Waals surface area contributed by atoms with Crippen molar-refractivity contribution in [2.45, 2.75) is 58.0 Å². The first-order valence-electron chi connectivity index (χ1n) is 9.00. The fraction of sp³-hybridized carbons (Fsp3) is 0.778. The Morgan fingerprint density at radius 2 is 2.08 bits per heavy atom. The summed E-state index contributed by atoms with van der Waals surface area (Å²) in [7, 11) is 0. The largest absolute Gasteiger partial charge is 0.465 e. The Balaban J connectivity index is 1.33. The number of unbranched alkanes of at least 4 members (excludes halogenated alkanes) is 1. The second-order valence-electron chi connectivity index (χ2n) is 7.83. The van der Waals surface area contributed by atoms with E-state index in [0.717, 1.165) is 17.1 Å². The van der Waals surface area contributed by atoms with Crippen LogP contribution in [-0.4, -0.2) is 55.6 Å². The van der Waals surface area contributed by atoms with E-state index in [9.17, 15) is 9.59 Å². The lowest BCUT2D eigenvalue weighted by Crippen LogP contribution is -2.47. The van der Waals surface area contributed by atoms with Crippen LogP contribution in [-0.2, 0) is 23.7 Å². The molecule has 1 N–H and O–H groups in total. The van der Waals surface area contributed by atoms with Crippen molar-refractivity contribution in [2.75, 3.05) is 25.6 Å². The van der Waals surface area contributed by atoms with Crippen LogP contribution in [0.25, 0.3) is 0 Å². The van der Waals surface area contributed by atoms with E-state index in [-0.39, 0.29) is 29.6 Å². The highest BCUT2D eigenvalue weighted by atomic mass is 32.2. The van der Waals surface area contributed by atoms with Crippen LogP contribution in [0.2, 0.25) is 0 Å². The average molecular weight is 385 g/mol. The number of fused-ring (bicyclic) bond motifs is 1. The second-order valence-corrected chi connectivity index (χ2v) is 8.93. The molecule has 0 aliphatic carbocycles. The van der Waals surface area contributed by atoms with Crippen molar-refractivity contribution in [3.05, 3.63) is 11.0 Å². The number of amides is 1. The van der Waals surface area contributed by atoms with Gasteiger partial charge in [0.15, 0.2) is 11.9 Å². The molecule has 8 heteroatoms. The Hall–Kier alpha value is -1.25. The molecule has 7 nitrogen and oxygen atoms in total. The van der Waals surface area contributed by atoms with Gasteiger partial charge in [0, 0.05) is 22.5 Å². The highest BCUT2D eigenvalue weighted by Crippen LogP contribution is 2.36. The van der Waals surface area contributed by atoms with Gasteiger partial charge in [0.2, 0.25) is 0 Å². The number of ether oxygens (including phenoxy) is 4. The molecule has 0 bridgehead atoms. The third-order valence-electron chi connectivity index (χ3n) is 4.66. The van der Waals surface area contributed by atoms with Crippen LogP contribution in [0.5, 0.6) is 0 Å². The SMILES string of the molecule is CC1(COC(=O)CCCC=C2SCC3NC(=O)O[C@H]23)COC(C)(C)OC1. The lowest BCUT2D eigenvalue weighted by atomic mass is 9.93. The summed E-state index contributed by atoms with van der Waals surface area (Å²) in [6, 6.07) is 0.0781. The van der Waals surface area contributed by atoms with Gasteiger partial charge in [-0.2, -0.15) is 0 Å². The minimum absolute atomic E-state index is 0.0781. The zero-order valence-electron chi connectivity index (χ0n) is 15.5. The normalized spacial score (nSPS) is 30.6. The molecule has 0 aromatic carbocycles. The number of alkyl carbamates (subject to hydrolysis) is 1. The van der Waals surface area contributed by atoms with Crippen molar-refractivity contribution in [3.63, 3.8) is 0 Å². The van der Waals surface area contributed by atoms with Crippen molar-refractivity contribution in [3.8, 4) is 0 Å². The van der Waals surface area contributed by atoms with E-state index >= 15 is 0 Å². The molecule has 1 amide bonds. The Bertz CT molecular complexity index is 580. The van der Waals surface area contributed by atoms with E-state index in [1.54, 1.807) is 11.8 Å². The van der Waals surface area contributed by atoms with Crippen molar-refractivity contribution in [2.24, 2.45) is 5.41 Å². The highest BCUT2D eigenvalue weighted by Gasteiger charge is 2.41. The number of allylic oxidation sites excluding steroid dienone is 1. The molecular weight excluding hydrogens is 358 g/mol. The summed E-state index contributed by atoms with van der Waals surface area (Å²) in [6.45, 7) is 7.05. The Morgan fingerprint density at radius 3 is 2.81 bits per heavy atom. The third kappa shape index (κ3) is 4.92. The molecule has 0 aromatic rings. The summed E-state index contributed by atoms with van der Waals surface area (Å²) >= 11 is 1.70. The summed E-state index contributed by atoms with van der Waals surface area (Å²) in [5, 5.41) is 2.79. The quantitative estimate of drug-likeness (QED) is 0.556. The van der Waals surface area contributed by atoms with Gasteiger partial charge in [-0.15, -0.1) is 11.8 Å². The van der Waals surface area contributed by atoms with Crippen LogP contribution in [0.3, 0.4) is 0 Å². The topological polar surface area (TPSA) is 83.1 Å². The second kappa shape index (κ2) is 7.78. The zero-order chi connectivity index (χ0) is 18.8. The van der Waals surface area contributed by atoms with Crippen molar-refractivity contribution in [1.29, 1.82) is 0 Å². The monoisotopic (exact) mass is 385 g/mol. The van der Waals surface area contributed by atoms with Gasteiger partial charge in [0.25, 0.3) is 0 Å². The van der Waals surface area contributed by atoms with Gasteiger partial charge in [0.05, 0.1) is 19.3 Å². The number of hydrogen-bond acceptors (Lipinski definition) is 7. The predicted molar refractivity (Wildman–Crippen MR) is 96.6 cm³/mol. The minimum atomic E-state index is -0.572. The number of carbonyl (C=O) groups is 2. The highest BCUT2D eigenvalue weighted by molar-refractivity contribution is 8.03. The fourth-order valence-electron chi connectivity index (χ4n) is 2.97. The first kappa shape index (κ1) is 19.5. The summed E-state index contributed by atoms with van der Waals surface area (Å²) < 4.78 is 21.9. The van der Waals surface area contributed by atoms with Gasteiger partial charge in [-0.3, -0.25) is 4.79 Å². The van der Waals surface area contributed by atoms with E-state index in [4.69, 9.17) is 18.9 Å². The number of carbonyl (C=O) groups excluding carboxylic acids is 2. The molecule has 3 rings (SSSR count). The van der Waals surface area contributed by atoms with E-state index < -0.39 is 5.79 Å². The molecule has 0 saturated carbocycles.